The summed E-state index contributed by atoms with van der Waals surface area (Å²) in [5, 5.41) is 9.93. The molecule has 1 aromatic heterocycles. The number of aromatic nitrogens is 2. The van der Waals surface area contributed by atoms with Crippen molar-refractivity contribution < 1.29 is 9.18 Å². The van der Waals surface area contributed by atoms with E-state index in [4.69, 9.17) is 10.2 Å². The van der Waals surface area contributed by atoms with Crippen molar-refractivity contribution in [2.24, 2.45) is 0 Å². The van der Waals surface area contributed by atoms with E-state index in [9.17, 15) is 14.0 Å². The van der Waals surface area contributed by atoms with Crippen LogP contribution in [0.1, 0.15) is 17.5 Å². The zero-order valence-corrected chi connectivity index (χ0v) is 20.2. The molecule has 0 radical (unpaired) electrons. The number of benzene rings is 3. The highest BCUT2D eigenvalue weighted by Gasteiger charge is 2.20. The van der Waals surface area contributed by atoms with Crippen LogP contribution in [0.25, 0.3) is 16.6 Å². The standard InChI is InChI=1S/C27H23FN4O2S/c1-18-7-5-10-24(19(18)2)32-26(34)22-8-3-4-9-23(22)30-27(32)35-17-25(33)31(16-6-15-29)21-13-11-20(28)12-14-21/h3-5,7-14H,6,16-17H2,1-2H3. The Morgan fingerprint density at radius 2 is 1.83 bits per heavy atom. The normalized spacial score (nSPS) is 10.8. The third-order valence-electron chi connectivity index (χ3n) is 5.77. The third-order valence-corrected chi connectivity index (χ3v) is 6.70. The molecule has 176 valence electrons. The number of para-hydroxylation sites is 1. The molecule has 1 amide bonds. The number of aryl methyl sites for hydroxylation is 1. The number of carbonyl (C=O) groups is 1. The number of nitrogens with zero attached hydrogens (tertiary/aromatic N) is 4. The van der Waals surface area contributed by atoms with E-state index < -0.39 is 5.82 Å². The lowest BCUT2D eigenvalue weighted by Gasteiger charge is -2.22. The van der Waals surface area contributed by atoms with E-state index in [-0.39, 0.29) is 30.2 Å². The predicted octanol–water partition coefficient (Wildman–Crippen LogP) is 5.18. The quantitative estimate of drug-likeness (QED) is 0.266. The molecule has 0 atom stereocenters. The summed E-state index contributed by atoms with van der Waals surface area (Å²) < 4.78 is 15.0. The molecule has 8 heteroatoms. The Balaban J connectivity index is 1.73. The summed E-state index contributed by atoms with van der Waals surface area (Å²) in [5.41, 5.74) is 3.54. The zero-order valence-electron chi connectivity index (χ0n) is 19.4. The molecule has 0 aliphatic rings. The zero-order chi connectivity index (χ0) is 24.9. The second kappa shape index (κ2) is 10.5. The highest BCUT2D eigenvalue weighted by atomic mass is 32.2. The number of nitriles is 1. The van der Waals surface area contributed by atoms with Crippen LogP contribution in [0.3, 0.4) is 0 Å². The van der Waals surface area contributed by atoms with Crippen molar-refractivity contribution in [2.75, 3.05) is 17.2 Å². The largest absolute Gasteiger partial charge is 0.311 e. The summed E-state index contributed by atoms with van der Waals surface area (Å²) in [6, 6.07) is 20.5. The second-order valence-corrected chi connectivity index (χ2v) is 8.93. The van der Waals surface area contributed by atoms with Gasteiger partial charge in [-0.05, 0) is 67.4 Å². The van der Waals surface area contributed by atoms with Gasteiger partial charge in [-0.3, -0.25) is 14.2 Å². The minimum Gasteiger partial charge on any atom is -0.311 e. The van der Waals surface area contributed by atoms with E-state index in [0.29, 0.717) is 27.4 Å². The molecule has 0 unspecified atom stereocenters. The van der Waals surface area contributed by atoms with E-state index in [1.165, 1.54) is 29.2 Å². The van der Waals surface area contributed by atoms with E-state index in [0.717, 1.165) is 22.9 Å². The number of rotatable bonds is 7. The van der Waals surface area contributed by atoms with Crippen LogP contribution in [-0.4, -0.2) is 27.8 Å². The Hall–Kier alpha value is -3.96. The molecule has 0 fully saturated rings. The van der Waals surface area contributed by atoms with Crippen molar-refractivity contribution in [3.63, 3.8) is 0 Å². The summed E-state index contributed by atoms with van der Waals surface area (Å²) >= 11 is 1.16. The van der Waals surface area contributed by atoms with Crippen LogP contribution in [0.5, 0.6) is 0 Å². The van der Waals surface area contributed by atoms with Gasteiger partial charge in [0.25, 0.3) is 5.56 Å². The van der Waals surface area contributed by atoms with E-state index in [2.05, 4.69) is 0 Å². The van der Waals surface area contributed by atoms with E-state index in [1.807, 2.05) is 44.2 Å². The molecule has 0 aliphatic heterocycles. The molecular formula is C27H23FN4O2S. The first kappa shape index (κ1) is 24.2. The second-order valence-electron chi connectivity index (χ2n) is 7.99. The Labute approximate surface area is 206 Å². The van der Waals surface area contributed by atoms with Gasteiger partial charge >= 0.3 is 0 Å². The first-order valence-corrected chi connectivity index (χ1v) is 12.0. The topological polar surface area (TPSA) is 79.0 Å². The maximum atomic E-state index is 13.5. The predicted molar refractivity (Wildman–Crippen MR) is 137 cm³/mol. The van der Waals surface area contributed by atoms with Gasteiger partial charge in [-0.15, -0.1) is 0 Å². The number of fused-ring (bicyclic) bond motifs is 1. The van der Waals surface area contributed by atoms with Crippen molar-refractivity contribution >= 4 is 34.3 Å². The lowest BCUT2D eigenvalue weighted by molar-refractivity contribution is -0.116. The van der Waals surface area contributed by atoms with Crippen molar-refractivity contribution in [3.8, 4) is 11.8 Å². The van der Waals surface area contributed by atoms with Gasteiger partial charge in [-0.1, -0.05) is 36.0 Å². The minimum absolute atomic E-state index is 0.0154. The molecule has 0 spiro atoms. The maximum Gasteiger partial charge on any atom is 0.266 e. The molecule has 6 nitrogen and oxygen atoms in total. The van der Waals surface area contributed by atoms with Gasteiger partial charge in [0.2, 0.25) is 5.91 Å². The molecule has 4 aromatic rings. The van der Waals surface area contributed by atoms with Gasteiger partial charge in [-0.25, -0.2) is 9.37 Å². The van der Waals surface area contributed by atoms with Crippen LogP contribution in [-0.2, 0) is 4.79 Å². The van der Waals surface area contributed by atoms with Crippen molar-refractivity contribution in [3.05, 3.63) is 94.0 Å². The van der Waals surface area contributed by atoms with Gasteiger partial charge in [0.15, 0.2) is 5.16 Å². The molecule has 3 aromatic carbocycles. The summed E-state index contributed by atoms with van der Waals surface area (Å²) in [7, 11) is 0. The van der Waals surface area contributed by atoms with Gasteiger partial charge in [0.05, 0.1) is 34.8 Å². The average Bonchev–Trinajstić information content (AvgIpc) is 2.86. The number of hydrogen-bond acceptors (Lipinski definition) is 5. The number of anilines is 1. The number of thioether (sulfide) groups is 1. The molecule has 4 rings (SSSR count). The number of halogens is 1. The lowest BCUT2D eigenvalue weighted by Crippen LogP contribution is -2.33. The molecule has 0 bridgehead atoms. The van der Waals surface area contributed by atoms with Crippen LogP contribution in [0.15, 0.2) is 76.7 Å². The highest BCUT2D eigenvalue weighted by Crippen LogP contribution is 2.25. The van der Waals surface area contributed by atoms with Gasteiger partial charge in [0, 0.05) is 12.2 Å². The fourth-order valence-corrected chi connectivity index (χ4v) is 4.67. The average molecular weight is 487 g/mol. The van der Waals surface area contributed by atoms with E-state index >= 15 is 0 Å². The Morgan fingerprint density at radius 1 is 1.09 bits per heavy atom. The molecule has 0 saturated carbocycles. The van der Waals surface area contributed by atoms with Crippen LogP contribution in [0, 0.1) is 31.0 Å². The molecular weight excluding hydrogens is 463 g/mol. The Bertz CT molecular complexity index is 1490. The monoisotopic (exact) mass is 486 g/mol. The van der Waals surface area contributed by atoms with Gasteiger partial charge in [-0.2, -0.15) is 5.26 Å². The fourth-order valence-electron chi connectivity index (χ4n) is 3.78. The molecule has 1 heterocycles. The summed E-state index contributed by atoms with van der Waals surface area (Å²) in [4.78, 5) is 32.9. The van der Waals surface area contributed by atoms with Crippen molar-refractivity contribution in [1.82, 2.24) is 9.55 Å². The van der Waals surface area contributed by atoms with Crippen LogP contribution in [0.2, 0.25) is 0 Å². The highest BCUT2D eigenvalue weighted by molar-refractivity contribution is 7.99. The third kappa shape index (κ3) is 5.10. The maximum absolute atomic E-state index is 13.5. The van der Waals surface area contributed by atoms with Crippen molar-refractivity contribution in [1.29, 1.82) is 5.26 Å². The van der Waals surface area contributed by atoms with Gasteiger partial charge in [0.1, 0.15) is 5.82 Å². The first-order chi connectivity index (χ1) is 16.9. The lowest BCUT2D eigenvalue weighted by atomic mass is 10.1. The smallest absolute Gasteiger partial charge is 0.266 e. The number of carbonyl (C=O) groups excluding carboxylic acids is 1. The molecule has 35 heavy (non-hydrogen) atoms. The van der Waals surface area contributed by atoms with Gasteiger partial charge < -0.3 is 4.90 Å². The molecule has 0 aliphatic carbocycles. The summed E-state index contributed by atoms with van der Waals surface area (Å²) in [6.07, 6.45) is 0.134. The molecule has 0 saturated heterocycles. The fraction of sp³-hybridized carbons (Fsp3) is 0.185. The van der Waals surface area contributed by atoms with E-state index in [1.54, 1.807) is 22.8 Å². The Morgan fingerprint density at radius 3 is 2.57 bits per heavy atom. The first-order valence-electron chi connectivity index (χ1n) is 11.0. The number of amides is 1. The van der Waals surface area contributed by atoms with Crippen LogP contribution in [0.4, 0.5) is 10.1 Å². The van der Waals surface area contributed by atoms with Crippen LogP contribution < -0.4 is 10.5 Å². The van der Waals surface area contributed by atoms with Crippen LogP contribution >= 0.6 is 11.8 Å². The number of hydrogen-bond donors (Lipinski definition) is 0. The minimum atomic E-state index is -0.409. The molecule has 0 N–H and O–H groups in total. The van der Waals surface area contributed by atoms with Crippen molar-refractivity contribution in [2.45, 2.75) is 25.4 Å². The SMILES string of the molecule is Cc1cccc(-n2c(SCC(=O)N(CCC#N)c3ccc(F)cc3)nc3ccccc3c2=O)c1C. The summed E-state index contributed by atoms with van der Waals surface area (Å²) in [5.74, 6) is -0.696. The Kier molecular flexibility index (Phi) is 7.28. The summed E-state index contributed by atoms with van der Waals surface area (Å²) in [6.45, 7) is 4.10.